The molecule has 0 saturated heterocycles. The van der Waals surface area contributed by atoms with Crippen molar-refractivity contribution in [1.29, 1.82) is 0 Å². The van der Waals surface area contributed by atoms with Gasteiger partial charge in [-0.25, -0.2) is 4.98 Å². The third-order valence-electron chi connectivity index (χ3n) is 2.49. The van der Waals surface area contributed by atoms with Crippen LogP contribution in [0.1, 0.15) is 30.7 Å². The molecule has 3 heteroatoms. The van der Waals surface area contributed by atoms with Gasteiger partial charge in [-0.1, -0.05) is 13.0 Å². The Morgan fingerprint density at radius 2 is 2.36 bits per heavy atom. The Morgan fingerprint density at radius 1 is 1.57 bits per heavy atom. The highest BCUT2D eigenvalue weighted by atomic mass is 16.3. The summed E-state index contributed by atoms with van der Waals surface area (Å²) in [6.07, 6.45) is 3.97. The fourth-order valence-electron chi connectivity index (χ4n) is 1.63. The number of rotatable bonds is 2. The molecule has 0 bridgehead atoms. The van der Waals surface area contributed by atoms with Crippen LogP contribution in [0.25, 0.3) is 5.65 Å². The van der Waals surface area contributed by atoms with Crippen molar-refractivity contribution in [2.24, 2.45) is 0 Å². The number of hydrogen-bond acceptors (Lipinski definition) is 2. The number of aromatic nitrogens is 2. The Kier molecular flexibility index (Phi) is 2.25. The minimum Gasteiger partial charge on any atom is -0.387 e. The summed E-state index contributed by atoms with van der Waals surface area (Å²) in [6.45, 7) is 3.98. The van der Waals surface area contributed by atoms with Crippen LogP contribution in [0.2, 0.25) is 0 Å². The van der Waals surface area contributed by atoms with Crippen LogP contribution in [0.3, 0.4) is 0 Å². The van der Waals surface area contributed by atoms with Gasteiger partial charge in [0.1, 0.15) is 5.65 Å². The molecule has 0 aromatic carbocycles. The lowest BCUT2D eigenvalue weighted by Crippen LogP contribution is -2.00. The van der Waals surface area contributed by atoms with Gasteiger partial charge in [0.05, 0.1) is 18.0 Å². The van der Waals surface area contributed by atoms with E-state index in [0.29, 0.717) is 6.42 Å². The number of aryl methyl sites for hydroxylation is 1. The Labute approximate surface area is 83.0 Å². The Morgan fingerprint density at radius 3 is 3.07 bits per heavy atom. The van der Waals surface area contributed by atoms with E-state index in [2.05, 4.69) is 4.98 Å². The summed E-state index contributed by atoms with van der Waals surface area (Å²) >= 11 is 0. The Hall–Kier alpha value is -1.35. The molecule has 0 saturated carbocycles. The molecule has 1 unspecified atom stereocenters. The number of imidazole rings is 1. The van der Waals surface area contributed by atoms with Crippen LogP contribution in [-0.2, 0) is 0 Å². The minimum atomic E-state index is -0.424. The molecule has 74 valence electrons. The van der Waals surface area contributed by atoms with Crippen LogP contribution < -0.4 is 0 Å². The summed E-state index contributed by atoms with van der Waals surface area (Å²) in [5, 5.41) is 9.75. The van der Waals surface area contributed by atoms with Crippen LogP contribution in [0.5, 0.6) is 0 Å². The number of nitrogens with zero attached hydrogens (tertiary/aromatic N) is 2. The molecule has 1 atom stereocenters. The summed E-state index contributed by atoms with van der Waals surface area (Å²) in [6, 6.07) is 3.99. The van der Waals surface area contributed by atoms with E-state index in [1.165, 1.54) is 0 Å². The van der Waals surface area contributed by atoms with Gasteiger partial charge in [-0.15, -0.1) is 0 Å². The van der Waals surface area contributed by atoms with Crippen molar-refractivity contribution in [3.05, 3.63) is 35.8 Å². The van der Waals surface area contributed by atoms with Gasteiger partial charge in [-0.05, 0) is 25.0 Å². The normalized spacial score (nSPS) is 13.4. The van der Waals surface area contributed by atoms with Gasteiger partial charge in [-0.3, -0.25) is 0 Å². The van der Waals surface area contributed by atoms with E-state index in [1.54, 1.807) is 6.20 Å². The van der Waals surface area contributed by atoms with Gasteiger partial charge in [0.25, 0.3) is 0 Å². The molecular formula is C11H14N2O. The van der Waals surface area contributed by atoms with E-state index in [-0.39, 0.29) is 0 Å². The predicted octanol–water partition coefficient (Wildman–Crippen LogP) is 2.09. The molecule has 3 nitrogen and oxygen atoms in total. The van der Waals surface area contributed by atoms with E-state index >= 15 is 0 Å². The van der Waals surface area contributed by atoms with E-state index in [0.717, 1.165) is 16.9 Å². The SMILES string of the molecule is CCC(O)c1cnc2c(C)cccn12. The van der Waals surface area contributed by atoms with Crippen molar-refractivity contribution in [3.63, 3.8) is 0 Å². The fourth-order valence-corrected chi connectivity index (χ4v) is 1.63. The zero-order valence-electron chi connectivity index (χ0n) is 8.44. The standard InChI is InChI=1S/C11H14N2O/c1-3-10(14)9-7-12-11-8(2)5-4-6-13(9)11/h4-7,10,14H,3H2,1-2H3. The van der Waals surface area contributed by atoms with Gasteiger partial charge in [-0.2, -0.15) is 0 Å². The number of hydrogen-bond donors (Lipinski definition) is 1. The van der Waals surface area contributed by atoms with Gasteiger partial charge in [0.2, 0.25) is 0 Å². The maximum absolute atomic E-state index is 9.75. The zero-order valence-corrected chi connectivity index (χ0v) is 8.44. The Bertz CT molecular complexity index is 447. The molecule has 0 fully saturated rings. The maximum Gasteiger partial charge on any atom is 0.139 e. The summed E-state index contributed by atoms with van der Waals surface area (Å²) in [5.74, 6) is 0. The van der Waals surface area contributed by atoms with Gasteiger partial charge >= 0.3 is 0 Å². The van der Waals surface area contributed by atoms with Gasteiger partial charge < -0.3 is 9.51 Å². The largest absolute Gasteiger partial charge is 0.387 e. The molecular weight excluding hydrogens is 176 g/mol. The molecule has 0 aliphatic carbocycles. The molecule has 1 N–H and O–H groups in total. The van der Waals surface area contributed by atoms with Crippen molar-refractivity contribution in [1.82, 2.24) is 9.38 Å². The first-order chi connectivity index (χ1) is 6.74. The van der Waals surface area contributed by atoms with Crippen LogP contribution in [0.15, 0.2) is 24.5 Å². The van der Waals surface area contributed by atoms with Crippen LogP contribution in [-0.4, -0.2) is 14.5 Å². The quantitative estimate of drug-likeness (QED) is 0.787. The maximum atomic E-state index is 9.75. The van der Waals surface area contributed by atoms with E-state index in [1.807, 2.05) is 36.6 Å². The molecule has 2 heterocycles. The third-order valence-corrected chi connectivity index (χ3v) is 2.49. The average Bonchev–Trinajstić information content (AvgIpc) is 2.62. The van der Waals surface area contributed by atoms with Crippen molar-refractivity contribution < 1.29 is 5.11 Å². The lowest BCUT2D eigenvalue weighted by atomic mass is 10.2. The van der Waals surface area contributed by atoms with Crippen LogP contribution >= 0.6 is 0 Å². The topological polar surface area (TPSA) is 37.5 Å². The first kappa shape index (κ1) is 9.21. The molecule has 2 aromatic heterocycles. The van der Waals surface area contributed by atoms with Gasteiger partial charge in [0.15, 0.2) is 0 Å². The average molecular weight is 190 g/mol. The number of aliphatic hydroxyl groups excluding tert-OH is 1. The molecule has 0 spiro atoms. The summed E-state index contributed by atoms with van der Waals surface area (Å²) in [4.78, 5) is 4.29. The predicted molar refractivity (Wildman–Crippen MR) is 55.2 cm³/mol. The van der Waals surface area contributed by atoms with Crippen LogP contribution in [0.4, 0.5) is 0 Å². The number of aliphatic hydroxyl groups is 1. The second-order valence-electron chi connectivity index (χ2n) is 3.49. The molecule has 14 heavy (non-hydrogen) atoms. The molecule has 2 aromatic rings. The van der Waals surface area contributed by atoms with Crippen LogP contribution in [0, 0.1) is 6.92 Å². The van der Waals surface area contributed by atoms with Gasteiger partial charge in [0, 0.05) is 6.20 Å². The number of pyridine rings is 1. The Balaban J connectivity index is 2.63. The smallest absolute Gasteiger partial charge is 0.139 e. The fraction of sp³-hybridized carbons (Fsp3) is 0.364. The second kappa shape index (κ2) is 3.42. The minimum absolute atomic E-state index is 0.424. The lowest BCUT2D eigenvalue weighted by Gasteiger charge is -2.07. The third kappa shape index (κ3) is 1.30. The molecule has 2 rings (SSSR count). The highest BCUT2D eigenvalue weighted by Crippen LogP contribution is 2.19. The molecule has 0 aliphatic rings. The lowest BCUT2D eigenvalue weighted by molar-refractivity contribution is 0.168. The molecule has 0 amide bonds. The molecule has 0 aliphatic heterocycles. The summed E-state index contributed by atoms with van der Waals surface area (Å²) in [7, 11) is 0. The summed E-state index contributed by atoms with van der Waals surface area (Å²) < 4.78 is 1.95. The highest BCUT2D eigenvalue weighted by molar-refractivity contribution is 5.48. The number of fused-ring (bicyclic) bond motifs is 1. The highest BCUT2D eigenvalue weighted by Gasteiger charge is 2.11. The van der Waals surface area contributed by atoms with Crippen molar-refractivity contribution in [3.8, 4) is 0 Å². The molecule has 0 radical (unpaired) electrons. The van der Waals surface area contributed by atoms with E-state index in [9.17, 15) is 5.11 Å². The first-order valence-corrected chi connectivity index (χ1v) is 4.84. The second-order valence-corrected chi connectivity index (χ2v) is 3.49. The summed E-state index contributed by atoms with van der Waals surface area (Å²) in [5.41, 5.74) is 2.92. The van der Waals surface area contributed by atoms with Crippen molar-refractivity contribution in [2.75, 3.05) is 0 Å². The first-order valence-electron chi connectivity index (χ1n) is 4.84. The monoisotopic (exact) mass is 190 g/mol. The van der Waals surface area contributed by atoms with Crippen molar-refractivity contribution in [2.45, 2.75) is 26.4 Å². The zero-order chi connectivity index (χ0) is 10.1. The van der Waals surface area contributed by atoms with Crippen molar-refractivity contribution >= 4 is 5.65 Å². The van der Waals surface area contributed by atoms with E-state index < -0.39 is 6.10 Å². The van der Waals surface area contributed by atoms with E-state index in [4.69, 9.17) is 0 Å².